The van der Waals surface area contributed by atoms with Crippen molar-refractivity contribution in [2.75, 3.05) is 18.4 Å². The largest absolute Gasteiger partial charge is 0.456 e. The highest BCUT2D eigenvalue weighted by Crippen LogP contribution is 2.31. The fraction of sp³-hybridized carbons (Fsp3) is 0.208. The molecule has 7 heteroatoms. The molecule has 158 valence electrons. The van der Waals surface area contributed by atoms with Crippen molar-refractivity contribution in [2.24, 2.45) is 0 Å². The first-order valence-corrected chi connectivity index (χ1v) is 11.7. The maximum absolute atomic E-state index is 13.0. The lowest BCUT2D eigenvalue weighted by Crippen LogP contribution is -2.28. The minimum absolute atomic E-state index is 0.151. The summed E-state index contributed by atoms with van der Waals surface area (Å²) in [5.41, 5.74) is 3.11. The number of hydrogen-bond donors (Lipinski definition) is 1. The molecular weight excluding hydrogens is 412 g/mol. The monoisotopic (exact) mass is 434 g/mol. The van der Waals surface area contributed by atoms with Gasteiger partial charge in [0.25, 0.3) is 5.91 Å². The van der Waals surface area contributed by atoms with Gasteiger partial charge in [-0.05, 0) is 55.7 Å². The van der Waals surface area contributed by atoms with Crippen LogP contribution in [0.2, 0.25) is 0 Å². The third kappa shape index (κ3) is 3.49. The van der Waals surface area contributed by atoms with Crippen molar-refractivity contribution in [1.82, 2.24) is 4.31 Å². The van der Waals surface area contributed by atoms with Crippen molar-refractivity contribution < 1.29 is 17.6 Å². The lowest BCUT2D eigenvalue weighted by atomic mass is 10.1. The Hall–Kier alpha value is -3.16. The van der Waals surface area contributed by atoms with Crippen LogP contribution < -0.4 is 5.32 Å². The van der Waals surface area contributed by atoms with E-state index in [-0.39, 0.29) is 10.8 Å². The van der Waals surface area contributed by atoms with Gasteiger partial charge in [-0.15, -0.1) is 0 Å². The summed E-state index contributed by atoms with van der Waals surface area (Å²) >= 11 is 0. The molecule has 0 unspecified atom stereocenters. The van der Waals surface area contributed by atoms with Gasteiger partial charge in [0, 0.05) is 41.2 Å². The highest BCUT2D eigenvalue weighted by molar-refractivity contribution is 7.89. The molecule has 2 heterocycles. The Morgan fingerprint density at radius 1 is 0.935 bits per heavy atom. The fourth-order valence-corrected chi connectivity index (χ4v) is 5.63. The van der Waals surface area contributed by atoms with Gasteiger partial charge in [0.15, 0.2) is 0 Å². The summed E-state index contributed by atoms with van der Waals surface area (Å²) in [7, 11) is -3.59. The molecule has 5 rings (SSSR count). The zero-order valence-electron chi connectivity index (χ0n) is 17.1. The summed E-state index contributed by atoms with van der Waals surface area (Å²) in [6.07, 6.45) is 1.73. The molecule has 0 saturated carbocycles. The third-order valence-corrected chi connectivity index (χ3v) is 7.69. The van der Waals surface area contributed by atoms with Crippen LogP contribution in [0.4, 0.5) is 5.69 Å². The Bertz CT molecular complexity index is 1420. The predicted molar refractivity (Wildman–Crippen MR) is 121 cm³/mol. The maximum Gasteiger partial charge on any atom is 0.255 e. The normalized spacial score (nSPS) is 15.0. The molecule has 6 nitrogen and oxygen atoms in total. The highest BCUT2D eigenvalue weighted by atomic mass is 32.2. The second kappa shape index (κ2) is 7.51. The van der Waals surface area contributed by atoms with Gasteiger partial charge in [0.1, 0.15) is 11.2 Å². The van der Waals surface area contributed by atoms with Crippen LogP contribution in [-0.2, 0) is 10.0 Å². The van der Waals surface area contributed by atoms with Crippen molar-refractivity contribution in [1.29, 1.82) is 0 Å². The lowest BCUT2D eigenvalue weighted by molar-refractivity contribution is 0.102. The van der Waals surface area contributed by atoms with Crippen LogP contribution in [0.5, 0.6) is 0 Å². The molecular formula is C24H22N2O4S. The quantitative estimate of drug-likeness (QED) is 0.494. The number of sulfonamides is 1. The van der Waals surface area contributed by atoms with Crippen molar-refractivity contribution in [2.45, 2.75) is 24.7 Å². The van der Waals surface area contributed by atoms with E-state index in [1.54, 1.807) is 25.1 Å². The van der Waals surface area contributed by atoms with E-state index in [0.29, 0.717) is 35.5 Å². The summed E-state index contributed by atoms with van der Waals surface area (Å²) in [4.78, 5) is 13.1. The number of hydrogen-bond acceptors (Lipinski definition) is 4. The molecule has 1 aliphatic rings. The molecule has 1 aliphatic heterocycles. The second-order valence-corrected chi connectivity index (χ2v) is 9.79. The van der Waals surface area contributed by atoms with E-state index >= 15 is 0 Å². The number of carbonyl (C=O) groups excluding carboxylic acids is 1. The molecule has 0 radical (unpaired) electrons. The first kappa shape index (κ1) is 19.8. The molecule has 1 aromatic heterocycles. The Labute approximate surface area is 180 Å². The summed E-state index contributed by atoms with van der Waals surface area (Å²) < 4.78 is 33.2. The van der Waals surface area contributed by atoms with Crippen LogP contribution >= 0.6 is 0 Å². The number of carbonyl (C=O) groups is 1. The molecule has 1 N–H and O–H groups in total. The van der Waals surface area contributed by atoms with E-state index in [2.05, 4.69) is 5.32 Å². The van der Waals surface area contributed by atoms with E-state index in [9.17, 15) is 13.2 Å². The van der Waals surface area contributed by atoms with E-state index in [4.69, 9.17) is 4.42 Å². The zero-order valence-corrected chi connectivity index (χ0v) is 17.9. The predicted octanol–water partition coefficient (Wildman–Crippen LogP) is 4.93. The Morgan fingerprint density at radius 2 is 1.68 bits per heavy atom. The Kier molecular flexibility index (Phi) is 4.79. The molecule has 0 spiro atoms. The number of amides is 1. The van der Waals surface area contributed by atoms with Crippen molar-refractivity contribution in [3.63, 3.8) is 0 Å². The van der Waals surface area contributed by atoms with Gasteiger partial charge in [0.05, 0.1) is 4.90 Å². The number of aryl methyl sites for hydroxylation is 1. The number of anilines is 1. The Morgan fingerprint density at radius 3 is 2.48 bits per heavy atom. The fourth-order valence-electron chi connectivity index (χ4n) is 4.09. The number of nitrogens with one attached hydrogen (secondary N) is 1. The van der Waals surface area contributed by atoms with Gasteiger partial charge in [0.2, 0.25) is 10.0 Å². The number of furan rings is 1. The van der Waals surface area contributed by atoms with Crippen LogP contribution in [0.15, 0.2) is 70.0 Å². The van der Waals surface area contributed by atoms with E-state index in [1.807, 2.05) is 36.4 Å². The summed E-state index contributed by atoms with van der Waals surface area (Å²) in [5, 5.41) is 4.87. The number of fused-ring (bicyclic) bond motifs is 3. The first-order chi connectivity index (χ1) is 14.9. The first-order valence-electron chi connectivity index (χ1n) is 10.3. The van der Waals surface area contributed by atoms with Crippen LogP contribution in [0, 0.1) is 6.92 Å². The topological polar surface area (TPSA) is 79.6 Å². The van der Waals surface area contributed by atoms with Crippen LogP contribution in [0.1, 0.15) is 28.8 Å². The molecule has 1 saturated heterocycles. The van der Waals surface area contributed by atoms with E-state index in [0.717, 1.165) is 29.2 Å². The zero-order chi connectivity index (χ0) is 21.6. The molecule has 1 fully saturated rings. The number of nitrogens with zero attached hydrogens (tertiary/aromatic N) is 1. The average Bonchev–Trinajstić information content (AvgIpc) is 3.42. The van der Waals surface area contributed by atoms with Gasteiger partial charge in [-0.3, -0.25) is 4.79 Å². The van der Waals surface area contributed by atoms with Crippen molar-refractivity contribution in [3.05, 3.63) is 71.8 Å². The lowest BCUT2D eigenvalue weighted by Gasteiger charge is -2.17. The molecule has 0 bridgehead atoms. The van der Waals surface area contributed by atoms with Crippen LogP contribution in [-0.4, -0.2) is 31.7 Å². The van der Waals surface area contributed by atoms with Crippen LogP contribution in [0.3, 0.4) is 0 Å². The third-order valence-electron chi connectivity index (χ3n) is 5.79. The Balaban J connectivity index is 1.45. The SMILES string of the molecule is Cc1ccc(S(=O)(=O)N2CCCC2)cc1C(=O)Nc1ccc2c(c1)oc1ccccc12. The smallest absolute Gasteiger partial charge is 0.255 e. The molecule has 1 amide bonds. The molecule has 3 aromatic carbocycles. The minimum Gasteiger partial charge on any atom is -0.456 e. The molecule has 0 atom stereocenters. The number of rotatable bonds is 4. The molecule has 4 aromatic rings. The van der Waals surface area contributed by atoms with Crippen LogP contribution in [0.25, 0.3) is 21.9 Å². The van der Waals surface area contributed by atoms with Gasteiger partial charge < -0.3 is 9.73 Å². The summed E-state index contributed by atoms with van der Waals surface area (Å²) in [6.45, 7) is 2.84. The van der Waals surface area contributed by atoms with Crippen molar-refractivity contribution >= 4 is 43.6 Å². The molecule has 0 aliphatic carbocycles. The van der Waals surface area contributed by atoms with Crippen molar-refractivity contribution in [3.8, 4) is 0 Å². The standard InChI is InChI=1S/C24H22N2O4S/c1-16-8-10-18(31(28,29)26-12-4-5-13-26)15-21(16)24(27)25-17-9-11-20-19-6-2-3-7-22(19)30-23(20)14-17/h2-3,6-11,14-15H,4-5,12-13H2,1H3,(H,25,27). The van der Waals surface area contributed by atoms with Gasteiger partial charge in [-0.1, -0.05) is 24.3 Å². The van der Waals surface area contributed by atoms with Gasteiger partial charge in [-0.25, -0.2) is 8.42 Å². The van der Waals surface area contributed by atoms with E-state index < -0.39 is 10.0 Å². The van der Waals surface area contributed by atoms with Gasteiger partial charge in [-0.2, -0.15) is 4.31 Å². The highest BCUT2D eigenvalue weighted by Gasteiger charge is 2.28. The molecule has 31 heavy (non-hydrogen) atoms. The number of para-hydroxylation sites is 1. The second-order valence-electron chi connectivity index (χ2n) is 7.85. The van der Waals surface area contributed by atoms with E-state index in [1.165, 1.54) is 10.4 Å². The summed E-state index contributed by atoms with van der Waals surface area (Å²) in [6, 6.07) is 18.0. The number of benzene rings is 3. The minimum atomic E-state index is -3.59. The average molecular weight is 435 g/mol. The maximum atomic E-state index is 13.0. The van der Waals surface area contributed by atoms with Gasteiger partial charge >= 0.3 is 0 Å². The summed E-state index contributed by atoms with van der Waals surface area (Å²) in [5.74, 6) is -0.355.